The Bertz CT molecular complexity index is 1180. The molecule has 3 rings (SSSR count). The Morgan fingerprint density at radius 1 is 0.853 bits per heavy atom. The van der Waals surface area contributed by atoms with Crippen molar-refractivity contribution in [2.24, 2.45) is 5.10 Å². The van der Waals surface area contributed by atoms with Gasteiger partial charge in [0.1, 0.15) is 5.75 Å². The molecule has 0 aliphatic heterocycles. The van der Waals surface area contributed by atoms with E-state index in [4.69, 9.17) is 14.2 Å². The number of carbonyl (C=O) groups is 3. The summed E-state index contributed by atoms with van der Waals surface area (Å²) >= 11 is 0. The molecule has 0 spiro atoms. The van der Waals surface area contributed by atoms with Gasteiger partial charge in [0.2, 0.25) is 0 Å². The Kier molecular flexibility index (Phi) is 8.34. The zero-order valence-corrected chi connectivity index (χ0v) is 18.6. The molecule has 0 saturated heterocycles. The average molecular weight is 461 g/mol. The number of nitrogens with zero attached hydrogens (tertiary/aromatic N) is 1. The van der Waals surface area contributed by atoms with Gasteiger partial charge in [-0.25, -0.2) is 10.2 Å². The molecule has 9 heteroatoms. The van der Waals surface area contributed by atoms with E-state index in [0.717, 1.165) is 0 Å². The molecule has 34 heavy (non-hydrogen) atoms. The van der Waals surface area contributed by atoms with Crippen LogP contribution in [0, 0.1) is 0 Å². The summed E-state index contributed by atoms with van der Waals surface area (Å²) in [5, 5.41) is 6.38. The van der Waals surface area contributed by atoms with Crippen LogP contribution in [-0.4, -0.2) is 44.8 Å². The van der Waals surface area contributed by atoms with E-state index in [2.05, 4.69) is 15.8 Å². The topological polar surface area (TPSA) is 115 Å². The van der Waals surface area contributed by atoms with Gasteiger partial charge < -0.3 is 19.5 Å². The van der Waals surface area contributed by atoms with Crippen molar-refractivity contribution < 1.29 is 28.6 Å². The SMILES string of the molecule is COc1ccc(C(=O)NCC(=O)N/N=C/c2ccc(OC(=O)c3ccccc3)c(OC)c2)cc1. The number of hydrazone groups is 1. The molecular weight excluding hydrogens is 438 g/mol. The molecule has 0 bridgehead atoms. The minimum Gasteiger partial charge on any atom is -0.497 e. The van der Waals surface area contributed by atoms with Crippen molar-refractivity contribution >= 4 is 24.0 Å². The summed E-state index contributed by atoms with van der Waals surface area (Å²) in [4.78, 5) is 36.3. The van der Waals surface area contributed by atoms with Crippen molar-refractivity contribution in [3.8, 4) is 17.2 Å². The Balaban J connectivity index is 1.52. The molecule has 0 aliphatic carbocycles. The molecule has 3 aromatic carbocycles. The minimum absolute atomic E-state index is 0.249. The van der Waals surface area contributed by atoms with Gasteiger partial charge in [-0.1, -0.05) is 18.2 Å². The molecule has 0 fully saturated rings. The number of carbonyl (C=O) groups excluding carboxylic acids is 3. The number of amides is 2. The number of methoxy groups -OCH3 is 2. The predicted octanol–water partition coefficient (Wildman–Crippen LogP) is 2.80. The quantitative estimate of drug-likeness (QED) is 0.219. The zero-order valence-electron chi connectivity index (χ0n) is 18.6. The first kappa shape index (κ1) is 24.0. The van der Waals surface area contributed by atoms with Crippen LogP contribution < -0.4 is 25.0 Å². The van der Waals surface area contributed by atoms with Crippen LogP contribution in [0.4, 0.5) is 0 Å². The maximum atomic E-state index is 12.3. The van der Waals surface area contributed by atoms with Crippen molar-refractivity contribution in [2.45, 2.75) is 0 Å². The largest absolute Gasteiger partial charge is 0.497 e. The molecule has 0 atom stereocenters. The van der Waals surface area contributed by atoms with Crippen LogP contribution in [0.25, 0.3) is 0 Å². The molecule has 174 valence electrons. The number of ether oxygens (including phenoxy) is 3. The van der Waals surface area contributed by atoms with Gasteiger partial charge in [-0.2, -0.15) is 5.10 Å². The minimum atomic E-state index is -0.510. The van der Waals surface area contributed by atoms with E-state index < -0.39 is 17.8 Å². The molecule has 0 aromatic heterocycles. The van der Waals surface area contributed by atoms with E-state index in [1.54, 1.807) is 72.8 Å². The molecule has 0 unspecified atom stereocenters. The Morgan fingerprint density at radius 2 is 1.59 bits per heavy atom. The van der Waals surface area contributed by atoms with E-state index in [9.17, 15) is 14.4 Å². The van der Waals surface area contributed by atoms with Crippen LogP contribution in [0.1, 0.15) is 26.3 Å². The number of rotatable bonds is 9. The van der Waals surface area contributed by atoms with Gasteiger partial charge in [0.15, 0.2) is 11.5 Å². The fourth-order valence-corrected chi connectivity index (χ4v) is 2.81. The Labute approximate surface area is 196 Å². The molecule has 2 amide bonds. The standard InChI is InChI=1S/C25H23N3O6/c1-32-20-11-9-18(10-12-20)24(30)26-16-23(29)28-27-15-17-8-13-21(22(14-17)33-2)34-25(31)19-6-4-3-5-7-19/h3-15H,16H2,1-2H3,(H,26,30)(H,28,29)/b27-15+. The second kappa shape index (κ2) is 11.8. The van der Waals surface area contributed by atoms with Crippen molar-refractivity contribution in [1.82, 2.24) is 10.7 Å². The smallest absolute Gasteiger partial charge is 0.343 e. The van der Waals surface area contributed by atoms with Crippen LogP contribution in [0.3, 0.4) is 0 Å². The lowest BCUT2D eigenvalue weighted by Crippen LogP contribution is -2.34. The number of hydrogen-bond donors (Lipinski definition) is 2. The molecule has 2 N–H and O–H groups in total. The molecule has 0 heterocycles. The zero-order chi connectivity index (χ0) is 24.3. The van der Waals surface area contributed by atoms with Crippen molar-refractivity contribution in [1.29, 1.82) is 0 Å². The van der Waals surface area contributed by atoms with Gasteiger partial charge in [0.25, 0.3) is 11.8 Å². The Morgan fingerprint density at radius 3 is 2.26 bits per heavy atom. The van der Waals surface area contributed by atoms with Gasteiger partial charge in [-0.15, -0.1) is 0 Å². The first-order valence-corrected chi connectivity index (χ1v) is 10.2. The molecule has 0 saturated carbocycles. The highest BCUT2D eigenvalue weighted by atomic mass is 16.6. The fourth-order valence-electron chi connectivity index (χ4n) is 2.81. The predicted molar refractivity (Wildman–Crippen MR) is 125 cm³/mol. The maximum absolute atomic E-state index is 12.3. The summed E-state index contributed by atoms with van der Waals surface area (Å²) in [5.41, 5.74) is 3.74. The van der Waals surface area contributed by atoms with Gasteiger partial charge in [-0.3, -0.25) is 9.59 Å². The number of esters is 1. The number of hydrogen-bond acceptors (Lipinski definition) is 7. The highest BCUT2D eigenvalue weighted by Crippen LogP contribution is 2.28. The molecular formula is C25H23N3O6. The second-order valence-corrected chi connectivity index (χ2v) is 6.87. The monoisotopic (exact) mass is 461 g/mol. The van der Waals surface area contributed by atoms with E-state index in [1.807, 2.05) is 0 Å². The van der Waals surface area contributed by atoms with Crippen LogP contribution in [-0.2, 0) is 4.79 Å². The van der Waals surface area contributed by atoms with E-state index in [0.29, 0.717) is 28.2 Å². The highest BCUT2D eigenvalue weighted by Gasteiger charge is 2.12. The third-order valence-corrected chi connectivity index (χ3v) is 4.56. The highest BCUT2D eigenvalue weighted by molar-refractivity contribution is 5.96. The summed E-state index contributed by atoms with van der Waals surface area (Å²) < 4.78 is 15.7. The van der Waals surface area contributed by atoms with Crippen LogP contribution in [0.15, 0.2) is 77.9 Å². The lowest BCUT2D eigenvalue weighted by molar-refractivity contribution is -0.120. The van der Waals surface area contributed by atoms with Gasteiger partial charge >= 0.3 is 5.97 Å². The average Bonchev–Trinajstić information content (AvgIpc) is 2.88. The normalized spacial score (nSPS) is 10.4. The van der Waals surface area contributed by atoms with E-state index >= 15 is 0 Å². The molecule has 0 aliphatic rings. The molecule has 3 aromatic rings. The lowest BCUT2D eigenvalue weighted by atomic mass is 10.2. The number of benzene rings is 3. The summed E-state index contributed by atoms with van der Waals surface area (Å²) in [7, 11) is 2.98. The van der Waals surface area contributed by atoms with Gasteiger partial charge in [0.05, 0.1) is 32.5 Å². The maximum Gasteiger partial charge on any atom is 0.343 e. The number of nitrogens with one attached hydrogen (secondary N) is 2. The molecule has 0 radical (unpaired) electrons. The Hall–Kier alpha value is -4.66. The van der Waals surface area contributed by atoms with Crippen LogP contribution in [0.5, 0.6) is 17.2 Å². The van der Waals surface area contributed by atoms with E-state index in [-0.39, 0.29) is 12.3 Å². The first-order valence-electron chi connectivity index (χ1n) is 10.2. The van der Waals surface area contributed by atoms with E-state index in [1.165, 1.54) is 20.4 Å². The summed E-state index contributed by atoms with van der Waals surface area (Å²) in [5.74, 6) is -0.206. The second-order valence-electron chi connectivity index (χ2n) is 6.87. The first-order chi connectivity index (χ1) is 16.5. The third kappa shape index (κ3) is 6.67. The van der Waals surface area contributed by atoms with Crippen molar-refractivity contribution in [2.75, 3.05) is 20.8 Å². The van der Waals surface area contributed by atoms with Gasteiger partial charge in [0, 0.05) is 5.56 Å². The summed E-state index contributed by atoms with van der Waals surface area (Å²) in [6.45, 7) is -0.250. The van der Waals surface area contributed by atoms with Crippen LogP contribution in [0.2, 0.25) is 0 Å². The lowest BCUT2D eigenvalue weighted by Gasteiger charge is -2.10. The molecule has 9 nitrogen and oxygen atoms in total. The van der Waals surface area contributed by atoms with Crippen molar-refractivity contribution in [3.05, 3.63) is 89.5 Å². The third-order valence-electron chi connectivity index (χ3n) is 4.56. The van der Waals surface area contributed by atoms with Crippen LogP contribution >= 0.6 is 0 Å². The fraction of sp³-hybridized carbons (Fsp3) is 0.120. The van der Waals surface area contributed by atoms with Gasteiger partial charge in [-0.05, 0) is 60.2 Å². The van der Waals surface area contributed by atoms with Crippen molar-refractivity contribution in [3.63, 3.8) is 0 Å². The summed E-state index contributed by atoms with van der Waals surface area (Å²) in [6, 6.07) is 19.9. The summed E-state index contributed by atoms with van der Waals surface area (Å²) in [6.07, 6.45) is 1.40.